The number of ether oxygens (including phenoxy) is 1. The Balaban J connectivity index is 1.82. The number of imidazole rings is 1. The number of aromatic nitrogens is 3. The molecule has 5 nitrogen and oxygen atoms in total. The fourth-order valence-electron chi connectivity index (χ4n) is 2.92. The summed E-state index contributed by atoms with van der Waals surface area (Å²) in [5, 5.41) is 0. The van der Waals surface area contributed by atoms with Gasteiger partial charge in [0.25, 0.3) is 0 Å². The highest BCUT2D eigenvalue weighted by Gasteiger charge is 2.35. The van der Waals surface area contributed by atoms with Crippen LogP contribution in [-0.2, 0) is 11.3 Å². The number of hydrogen-bond acceptors (Lipinski definition) is 4. The summed E-state index contributed by atoms with van der Waals surface area (Å²) in [4.78, 5) is 14.9. The van der Waals surface area contributed by atoms with E-state index in [0.717, 1.165) is 42.4 Å². The molecule has 21 heavy (non-hydrogen) atoms. The number of aryl methyl sites for hydroxylation is 2. The van der Waals surface area contributed by atoms with Crippen LogP contribution in [-0.4, -0.2) is 39.6 Å². The quantitative estimate of drug-likeness (QED) is 0.937. The number of pyridine rings is 1. The van der Waals surface area contributed by atoms with Gasteiger partial charge in [0.15, 0.2) is 0 Å². The number of likely N-dealkylation sites (tertiary alicyclic amines) is 1. The zero-order chi connectivity index (χ0) is 14.8. The minimum atomic E-state index is 0.254. The normalized spacial score (nSPS) is 22.8. The highest BCUT2D eigenvalue weighted by molar-refractivity contribution is 5.15. The first-order chi connectivity index (χ1) is 10.2. The summed E-state index contributed by atoms with van der Waals surface area (Å²) in [7, 11) is 1.78. The Morgan fingerprint density at radius 3 is 2.86 bits per heavy atom. The molecule has 2 atom stereocenters. The number of methoxy groups -OCH3 is 1. The molecule has 1 aliphatic heterocycles. The number of nitrogens with one attached hydrogen (secondary N) is 1. The van der Waals surface area contributed by atoms with Crippen LogP contribution in [0.5, 0.6) is 0 Å². The molecule has 1 saturated heterocycles. The van der Waals surface area contributed by atoms with E-state index >= 15 is 0 Å². The minimum absolute atomic E-state index is 0.254. The van der Waals surface area contributed by atoms with Crippen molar-refractivity contribution in [2.24, 2.45) is 0 Å². The molecule has 1 fully saturated rings. The SMILES string of the molecule is CO[C@@H]1C[C@@H](c2nc(C)c(C)[nH]2)N(Cc2ccccn2)C1. The van der Waals surface area contributed by atoms with E-state index in [9.17, 15) is 0 Å². The number of H-pyrrole nitrogens is 1. The van der Waals surface area contributed by atoms with Gasteiger partial charge in [0.2, 0.25) is 0 Å². The molecule has 0 radical (unpaired) electrons. The lowest BCUT2D eigenvalue weighted by Gasteiger charge is -2.22. The van der Waals surface area contributed by atoms with Gasteiger partial charge in [-0.3, -0.25) is 9.88 Å². The summed E-state index contributed by atoms with van der Waals surface area (Å²) >= 11 is 0. The maximum Gasteiger partial charge on any atom is 0.124 e. The summed E-state index contributed by atoms with van der Waals surface area (Å²) in [6, 6.07) is 6.31. The molecule has 0 bridgehead atoms. The third-order valence-corrected chi connectivity index (χ3v) is 4.25. The first kappa shape index (κ1) is 14.2. The van der Waals surface area contributed by atoms with Gasteiger partial charge in [-0.15, -0.1) is 0 Å². The first-order valence-corrected chi connectivity index (χ1v) is 7.37. The number of hydrogen-bond donors (Lipinski definition) is 1. The highest BCUT2D eigenvalue weighted by Crippen LogP contribution is 2.33. The molecule has 2 aromatic rings. The molecule has 2 aromatic heterocycles. The van der Waals surface area contributed by atoms with Crippen LogP contribution in [0, 0.1) is 13.8 Å². The van der Waals surface area contributed by atoms with Gasteiger partial charge in [0.05, 0.1) is 23.5 Å². The first-order valence-electron chi connectivity index (χ1n) is 7.37. The standard InChI is InChI=1S/C16H22N4O/c1-11-12(2)19-16(18-11)15-8-14(21-3)10-20(15)9-13-6-4-5-7-17-13/h4-7,14-15H,8-10H2,1-3H3,(H,18,19)/t14-,15+/m1/s1. The van der Waals surface area contributed by atoms with Crippen molar-refractivity contribution in [2.45, 2.75) is 39.0 Å². The Labute approximate surface area is 125 Å². The summed E-state index contributed by atoms with van der Waals surface area (Å²) in [5.74, 6) is 1.04. The van der Waals surface area contributed by atoms with E-state index in [1.807, 2.05) is 25.3 Å². The van der Waals surface area contributed by atoms with Crippen molar-refractivity contribution >= 4 is 0 Å². The molecule has 1 N–H and O–H groups in total. The minimum Gasteiger partial charge on any atom is -0.380 e. The lowest BCUT2D eigenvalue weighted by Crippen LogP contribution is -2.25. The topological polar surface area (TPSA) is 54.0 Å². The van der Waals surface area contributed by atoms with E-state index in [2.05, 4.69) is 32.8 Å². The fourth-order valence-corrected chi connectivity index (χ4v) is 2.92. The molecule has 3 rings (SSSR count). The second-order valence-corrected chi connectivity index (χ2v) is 5.69. The molecule has 112 valence electrons. The number of nitrogens with zero attached hydrogens (tertiary/aromatic N) is 3. The van der Waals surface area contributed by atoms with Gasteiger partial charge >= 0.3 is 0 Å². The van der Waals surface area contributed by atoms with Crippen LogP contribution < -0.4 is 0 Å². The highest BCUT2D eigenvalue weighted by atomic mass is 16.5. The van der Waals surface area contributed by atoms with E-state index in [1.165, 1.54) is 0 Å². The van der Waals surface area contributed by atoms with Crippen molar-refractivity contribution in [2.75, 3.05) is 13.7 Å². The van der Waals surface area contributed by atoms with Crippen molar-refractivity contribution in [3.8, 4) is 0 Å². The molecule has 0 saturated carbocycles. The fraction of sp³-hybridized carbons (Fsp3) is 0.500. The summed E-state index contributed by atoms with van der Waals surface area (Å²) < 4.78 is 5.56. The van der Waals surface area contributed by atoms with E-state index in [0.29, 0.717) is 0 Å². The van der Waals surface area contributed by atoms with E-state index in [-0.39, 0.29) is 12.1 Å². The van der Waals surface area contributed by atoms with Gasteiger partial charge in [-0.2, -0.15) is 0 Å². The van der Waals surface area contributed by atoms with Crippen molar-refractivity contribution < 1.29 is 4.74 Å². The van der Waals surface area contributed by atoms with Gasteiger partial charge < -0.3 is 9.72 Å². The third kappa shape index (κ3) is 2.99. The van der Waals surface area contributed by atoms with E-state index in [1.54, 1.807) is 7.11 Å². The molecular weight excluding hydrogens is 264 g/mol. The van der Waals surface area contributed by atoms with Crippen LogP contribution >= 0.6 is 0 Å². The molecule has 1 aliphatic rings. The Bertz CT molecular complexity index is 576. The molecule has 0 aromatic carbocycles. The lowest BCUT2D eigenvalue weighted by molar-refractivity contribution is 0.107. The molecule has 0 amide bonds. The van der Waals surface area contributed by atoms with Crippen molar-refractivity contribution in [3.63, 3.8) is 0 Å². The van der Waals surface area contributed by atoms with Crippen LogP contribution in [0.4, 0.5) is 0 Å². The maximum absolute atomic E-state index is 5.56. The molecule has 0 spiro atoms. The maximum atomic E-state index is 5.56. The predicted octanol–water partition coefficient (Wildman–Crippen LogP) is 2.38. The summed E-state index contributed by atoms with van der Waals surface area (Å²) in [5.41, 5.74) is 3.30. The zero-order valence-electron chi connectivity index (χ0n) is 12.8. The molecular formula is C16H22N4O. The Kier molecular flexibility index (Phi) is 4.03. The largest absolute Gasteiger partial charge is 0.380 e. The Morgan fingerprint density at radius 1 is 1.38 bits per heavy atom. The summed E-state index contributed by atoms with van der Waals surface area (Å²) in [6.07, 6.45) is 3.06. The van der Waals surface area contributed by atoms with Crippen molar-refractivity contribution in [3.05, 3.63) is 47.3 Å². The Hall–Kier alpha value is -1.72. The van der Waals surface area contributed by atoms with Gasteiger partial charge in [0.1, 0.15) is 5.82 Å². The molecule has 0 unspecified atom stereocenters. The third-order valence-electron chi connectivity index (χ3n) is 4.25. The number of aromatic amines is 1. The van der Waals surface area contributed by atoms with Crippen LogP contribution in [0.15, 0.2) is 24.4 Å². The van der Waals surface area contributed by atoms with Crippen LogP contribution in [0.25, 0.3) is 0 Å². The smallest absolute Gasteiger partial charge is 0.124 e. The zero-order valence-corrected chi connectivity index (χ0v) is 12.8. The number of rotatable bonds is 4. The van der Waals surface area contributed by atoms with Gasteiger partial charge in [0, 0.05) is 32.1 Å². The van der Waals surface area contributed by atoms with Gasteiger partial charge in [-0.25, -0.2) is 4.98 Å². The second-order valence-electron chi connectivity index (χ2n) is 5.69. The van der Waals surface area contributed by atoms with Gasteiger partial charge in [-0.05, 0) is 32.4 Å². The van der Waals surface area contributed by atoms with Crippen LogP contribution in [0.1, 0.15) is 35.4 Å². The average molecular weight is 286 g/mol. The average Bonchev–Trinajstić information content (AvgIpc) is 3.04. The predicted molar refractivity (Wildman–Crippen MR) is 80.9 cm³/mol. The summed E-state index contributed by atoms with van der Waals surface area (Å²) in [6.45, 7) is 5.85. The van der Waals surface area contributed by atoms with E-state index in [4.69, 9.17) is 4.74 Å². The monoisotopic (exact) mass is 286 g/mol. The van der Waals surface area contributed by atoms with E-state index < -0.39 is 0 Å². The molecule has 3 heterocycles. The Morgan fingerprint density at radius 2 is 2.24 bits per heavy atom. The lowest BCUT2D eigenvalue weighted by atomic mass is 10.2. The van der Waals surface area contributed by atoms with Crippen LogP contribution in [0.2, 0.25) is 0 Å². The van der Waals surface area contributed by atoms with Crippen molar-refractivity contribution in [1.82, 2.24) is 19.9 Å². The van der Waals surface area contributed by atoms with Gasteiger partial charge in [-0.1, -0.05) is 6.07 Å². The van der Waals surface area contributed by atoms with Crippen LogP contribution in [0.3, 0.4) is 0 Å². The molecule has 5 heteroatoms. The van der Waals surface area contributed by atoms with Crippen molar-refractivity contribution in [1.29, 1.82) is 0 Å². The molecule has 0 aliphatic carbocycles. The second kappa shape index (κ2) is 5.95.